The average Bonchev–Trinajstić information content (AvgIpc) is 3.60. The highest BCUT2D eigenvalue weighted by Gasteiger charge is 2.51. The van der Waals surface area contributed by atoms with Crippen LogP contribution in [0, 0.1) is 0 Å². The fraction of sp³-hybridized carbons (Fsp3) is 0.545. The molecule has 0 radical (unpaired) electrons. The maximum absolute atomic E-state index is 12.5. The summed E-state index contributed by atoms with van der Waals surface area (Å²) in [6.45, 7) is 6.11. The summed E-state index contributed by atoms with van der Waals surface area (Å²) in [5.74, 6) is 0.0527. The predicted molar refractivity (Wildman–Crippen MR) is 168 cm³/mol. The molecular formula is C33H43ClN4O6. The van der Waals surface area contributed by atoms with Gasteiger partial charge in [-0.15, -0.1) is 11.6 Å². The number of piperidine rings is 1. The molecule has 2 aliphatic heterocycles. The van der Waals surface area contributed by atoms with Gasteiger partial charge in [0.05, 0.1) is 20.8 Å². The zero-order valence-electron chi connectivity index (χ0n) is 25.9. The van der Waals surface area contributed by atoms with Crippen molar-refractivity contribution >= 4 is 23.1 Å². The number of nitrogens with one attached hydrogen (secondary N) is 1. The first kappa shape index (κ1) is 32.2. The minimum Gasteiger partial charge on any atom is -0.480 e. The molecule has 1 aromatic carbocycles. The summed E-state index contributed by atoms with van der Waals surface area (Å²) < 4.78 is 29.6. The van der Waals surface area contributed by atoms with Crippen molar-refractivity contribution in [1.82, 2.24) is 20.2 Å². The summed E-state index contributed by atoms with van der Waals surface area (Å²) in [4.78, 5) is 22.9. The van der Waals surface area contributed by atoms with E-state index in [2.05, 4.69) is 20.2 Å². The summed E-state index contributed by atoms with van der Waals surface area (Å²) in [6, 6.07) is 9.76. The quantitative estimate of drug-likeness (QED) is 0.251. The first-order chi connectivity index (χ1) is 21.4. The lowest BCUT2D eigenvalue weighted by Crippen LogP contribution is -2.55. The van der Waals surface area contributed by atoms with Crippen molar-refractivity contribution in [2.24, 2.45) is 0 Å². The Kier molecular flexibility index (Phi) is 10.8. The van der Waals surface area contributed by atoms with Crippen LogP contribution < -0.4 is 19.5 Å². The third kappa shape index (κ3) is 7.20. The molecule has 238 valence electrons. The second-order valence-electron chi connectivity index (χ2n) is 11.5. The summed E-state index contributed by atoms with van der Waals surface area (Å²) >= 11 is 7.47. The number of aromatic nitrogens is 2. The zero-order chi connectivity index (χ0) is 31.0. The van der Waals surface area contributed by atoms with Gasteiger partial charge in [0.2, 0.25) is 11.8 Å². The Balaban J connectivity index is 1.36. The van der Waals surface area contributed by atoms with Gasteiger partial charge in [0.1, 0.15) is 35.3 Å². The maximum atomic E-state index is 12.5. The average molecular weight is 627 g/mol. The Morgan fingerprint density at radius 1 is 1.07 bits per heavy atom. The largest absolute Gasteiger partial charge is 0.480 e. The molecule has 0 spiro atoms. The van der Waals surface area contributed by atoms with Gasteiger partial charge >= 0.3 is 12.0 Å². The molecule has 10 nitrogen and oxygen atoms in total. The van der Waals surface area contributed by atoms with E-state index in [1.54, 1.807) is 0 Å². The number of carbonyl (C=O) groups excluding carboxylic acids is 1. The Morgan fingerprint density at radius 3 is 2.45 bits per heavy atom. The number of hydrogen-bond donors (Lipinski definition) is 1. The molecule has 2 fully saturated rings. The zero-order valence-corrected chi connectivity index (χ0v) is 26.6. The van der Waals surface area contributed by atoms with E-state index in [1.165, 1.54) is 33.5 Å². The highest BCUT2D eigenvalue weighted by atomic mass is 35.5. The van der Waals surface area contributed by atoms with E-state index >= 15 is 0 Å². The van der Waals surface area contributed by atoms with Crippen LogP contribution >= 0.6 is 11.6 Å². The van der Waals surface area contributed by atoms with Crippen LogP contribution in [-0.2, 0) is 20.9 Å². The van der Waals surface area contributed by atoms with Crippen molar-refractivity contribution < 1.29 is 28.5 Å². The van der Waals surface area contributed by atoms with Gasteiger partial charge in [-0.2, -0.15) is 9.97 Å². The molecule has 2 unspecified atom stereocenters. The fourth-order valence-corrected chi connectivity index (χ4v) is 6.37. The van der Waals surface area contributed by atoms with Gasteiger partial charge in [-0.3, -0.25) is 4.79 Å². The van der Waals surface area contributed by atoms with Crippen molar-refractivity contribution in [1.29, 1.82) is 0 Å². The Bertz CT molecular complexity index is 1300. The van der Waals surface area contributed by atoms with Crippen molar-refractivity contribution in [2.45, 2.75) is 62.2 Å². The van der Waals surface area contributed by atoms with Gasteiger partial charge in [0, 0.05) is 6.54 Å². The van der Waals surface area contributed by atoms with Crippen molar-refractivity contribution in [2.75, 3.05) is 53.6 Å². The monoisotopic (exact) mass is 626 g/mol. The first-order valence-electron chi connectivity index (χ1n) is 15.4. The lowest BCUT2D eigenvalue weighted by molar-refractivity contribution is -0.147. The molecule has 3 heterocycles. The van der Waals surface area contributed by atoms with Crippen LogP contribution in [0.4, 0.5) is 0 Å². The molecule has 1 aromatic heterocycles. The van der Waals surface area contributed by atoms with E-state index in [1.807, 2.05) is 55.5 Å². The van der Waals surface area contributed by atoms with E-state index in [-0.39, 0.29) is 43.0 Å². The molecular weight excluding hydrogens is 584 g/mol. The third-order valence-electron chi connectivity index (χ3n) is 8.65. The molecule has 1 aliphatic carbocycles. The smallest absolute Gasteiger partial charge is 0.323 e. The standard InChI is InChI=1S/C33H43ClN4O6/c1-32(34)26(24-12-6-4-7-13-24)14-10-16-33(32,44-21-20-38-18-8-5-9-19-38)23-43-31-36-28(40-2)25(29(37-31)41-3)22-42-30(39)27-15-11-17-35-27/h4,6-7,10,12-14,16,27,35H,5,8-9,11,15,17-23H2,1-3H3/t27-,32?,33?/m0/s1. The van der Waals surface area contributed by atoms with Gasteiger partial charge in [0.25, 0.3) is 0 Å². The predicted octanol–water partition coefficient (Wildman–Crippen LogP) is 4.56. The third-order valence-corrected chi connectivity index (χ3v) is 9.17. The van der Waals surface area contributed by atoms with Crippen molar-refractivity contribution in [3.63, 3.8) is 0 Å². The Labute approximate surface area is 264 Å². The molecule has 2 saturated heterocycles. The number of rotatable bonds is 13. The van der Waals surface area contributed by atoms with E-state index in [0.717, 1.165) is 50.2 Å². The highest BCUT2D eigenvalue weighted by Crippen LogP contribution is 2.47. The lowest BCUT2D eigenvalue weighted by Gasteiger charge is -2.45. The minimum absolute atomic E-state index is 0.0294. The summed E-state index contributed by atoms with van der Waals surface area (Å²) in [5.41, 5.74) is 1.30. The molecule has 0 amide bonds. The lowest BCUT2D eigenvalue weighted by atomic mass is 9.76. The molecule has 0 saturated carbocycles. The number of methoxy groups -OCH3 is 2. The van der Waals surface area contributed by atoms with E-state index in [4.69, 9.17) is 35.3 Å². The number of nitrogens with zero attached hydrogens (tertiary/aromatic N) is 3. The topological polar surface area (TPSA) is 104 Å². The fourth-order valence-electron chi connectivity index (χ4n) is 6.03. The van der Waals surface area contributed by atoms with Gasteiger partial charge in [-0.1, -0.05) is 48.9 Å². The maximum Gasteiger partial charge on any atom is 0.323 e. The molecule has 3 aliphatic rings. The van der Waals surface area contributed by atoms with Crippen LogP contribution in [0.25, 0.3) is 5.57 Å². The highest BCUT2D eigenvalue weighted by molar-refractivity contribution is 6.31. The number of alkyl halides is 1. The van der Waals surface area contributed by atoms with Gasteiger partial charge < -0.3 is 33.9 Å². The van der Waals surface area contributed by atoms with Crippen LogP contribution in [0.2, 0.25) is 0 Å². The number of likely N-dealkylation sites (tertiary alicyclic amines) is 1. The number of benzene rings is 1. The summed E-state index contributed by atoms with van der Waals surface area (Å²) in [5, 5.41) is 3.14. The van der Waals surface area contributed by atoms with Crippen LogP contribution in [0.5, 0.6) is 17.8 Å². The van der Waals surface area contributed by atoms with Crippen LogP contribution in [0.1, 0.15) is 50.2 Å². The first-order valence-corrected chi connectivity index (χ1v) is 15.8. The van der Waals surface area contributed by atoms with Crippen molar-refractivity contribution in [3.8, 4) is 17.8 Å². The molecule has 11 heteroatoms. The normalized spacial score (nSPS) is 25.4. The van der Waals surface area contributed by atoms with Gasteiger partial charge in [0.15, 0.2) is 0 Å². The Morgan fingerprint density at radius 2 is 1.80 bits per heavy atom. The number of carbonyl (C=O) groups is 1. The van der Waals surface area contributed by atoms with Crippen LogP contribution in [0.15, 0.2) is 48.6 Å². The summed E-state index contributed by atoms with van der Waals surface area (Å²) in [7, 11) is 2.97. The number of halogens is 1. The van der Waals surface area contributed by atoms with E-state index < -0.39 is 10.5 Å². The SMILES string of the molecule is COc1nc(OCC2(OCCN3CCCCC3)C=CC=C(c3ccccc3)C2(C)Cl)nc(OC)c1COC(=O)[C@@H]1CCCN1. The molecule has 2 aromatic rings. The van der Waals surface area contributed by atoms with Crippen molar-refractivity contribution in [3.05, 3.63) is 59.7 Å². The molecule has 5 rings (SSSR count). The van der Waals surface area contributed by atoms with E-state index in [0.29, 0.717) is 12.2 Å². The van der Waals surface area contributed by atoms with Gasteiger partial charge in [-0.05, 0) is 69.5 Å². The molecule has 3 atom stereocenters. The van der Waals surface area contributed by atoms with Gasteiger partial charge in [-0.25, -0.2) is 0 Å². The van der Waals surface area contributed by atoms with E-state index in [9.17, 15) is 4.79 Å². The number of esters is 1. The molecule has 1 N–H and O–H groups in total. The number of allylic oxidation sites excluding steroid dienone is 2. The minimum atomic E-state index is -1.05. The van der Waals surface area contributed by atoms with Crippen LogP contribution in [0.3, 0.4) is 0 Å². The second kappa shape index (κ2) is 14.7. The van der Waals surface area contributed by atoms with Crippen LogP contribution in [-0.4, -0.2) is 91.0 Å². The molecule has 0 bridgehead atoms. The number of ether oxygens (including phenoxy) is 5. The number of hydrogen-bond acceptors (Lipinski definition) is 10. The second-order valence-corrected chi connectivity index (χ2v) is 12.3. The summed E-state index contributed by atoms with van der Waals surface area (Å²) in [6.07, 6.45) is 11.3. The molecule has 44 heavy (non-hydrogen) atoms. The Hall–Kier alpha value is -3.18.